The van der Waals surface area contributed by atoms with Crippen molar-refractivity contribution in [1.82, 2.24) is 5.32 Å². The van der Waals surface area contributed by atoms with Gasteiger partial charge in [-0.2, -0.15) is 0 Å². The first-order valence-electron chi connectivity index (χ1n) is 6.64. The molecule has 0 saturated heterocycles. The number of hydrogen-bond acceptors (Lipinski definition) is 2. The summed E-state index contributed by atoms with van der Waals surface area (Å²) in [5, 5.41) is 6.07. The molecule has 2 amide bonds. The van der Waals surface area contributed by atoms with Gasteiger partial charge in [0.05, 0.1) is 6.54 Å². The van der Waals surface area contributed by atoms with Gasteiger partial charge >= 0.3 is 6.03 Å². The average molecular weight is 305 g/mol. The van der Waals surface area contributed by atoms with E-state index in [2.05, 4.69) is 10.6 Å². The molecule has 0 aliphatic carbocycles. The summed E-state index contributed by atoms with van der Waals surface area (Å²) in [6, 6.07) is 14.4. The Morgan fingerprint density at radius 3 is 2.57 bits per heavy atom. The van der Waals surface area contributed by atoms with E-state index in [0.29, 0.717) is 23.9 Å². The molecule has 0 aliphatic heterocycles. The van der Waals surface area contributed by atoms with Gasteiger partial charge in [-0.15, -0.1) is 0 Å². The van der Waals surface area contributed by atoms with Gasteiger partial charge in [-0.05, 0) is 42.8 Å². The predicted octanol–water partition coefficient (Wildman–Crippen LogP) is 3.85. The van der Waals surface area contributed by atoms with Crippen molar-refractivity contribution in [2.75, 3.05) is 18.5 Å². The summed E-state index contributed by atoms with van der Waals surface area (Å²) in [5.41, 5.74) is 1.76. The Bertz CT molecular complexity index is 599. The molecule has 5 heteroatoms. The number of anilines is 1. The molecule has 0 aliphatic rings. The van der Waals surface area contributed by atoms with Crippen LogP contribution in [0.25, 0.3) is 0 Å². The van der Waals surface area contributed by atoms with Crippen molar-refractivity contribution in [3.05, 3.63) is 59.1 Å². The number of aryl methyl sites for hydroxylation is 1. The van der Waals surface area contributed by atoms with E-state index in [0.717, 1.165) is 11.3 Å². The van der Waals surface area contributed by atoms with Crippen LogP contribution in [0.1, 0.15) is 5.56 Å². The number of carbonyl (C=O) groups is 1. The molecule has 0 saturated carbocycles. The first kappa shape index (κ1) is 15.2. The summed E-state index contributed by atoms with van der Waals surface area (Å²) in [5.74, 6) is 0.831. The van der Waals surface area contributed by atoms with E-state index in [4.69, 9.17) is 16.3 Å². The third kappa shape index (κ3) is 5.00. The fourth-order valence-corrected chi connectivity index (χ4v) is 1.88. The van der Waals surface area contributed by atoms with Crippen molar-refractivity contribution in [1.29, 1.82) is 0 Å². The Hall–Kier alpha value is -2.20. The predicted molar refractivity (Wildman–Crippen MR) is 85.1 cm³/mol. The molecule has 4 nitrogen and oxygen atoms in total. The molecule has 0 aromatic heterocycles. The fraction of sp³-hybridized carbons (Fsp3) is 0.188. The van der Waals surface area contributed by atoms with Crippen LogP contribution < -0.4 is 15.4 Å². The Kier molecular flexibility index (Phi) is 5.46. The van der Waals surface area contributed by atoms with Crippen LogP contribution in [-0.4, -0.2) is 19.2 Å². The van der Waals surface area contributed by atoms with Gasteiger partial charge in [0.2, 0.25) is 0 Å². The van der Waals surface area contributed by atoms with Crippen molar-refractivity contribution in [2.45, 2.75) is 6.92 Å². The molecule has 2 aromatic carbocycles. The van der Waals surface area contributed by atoms with Crippen molar-refractivity contribution in [3.63, 3.8) is 0 Å². The Labute approximate surface area is 129 Å². The van der Waals surface area contributed by atoms with Crippen LogP contribution in [0.15, 0.2) is 48.5 Å². The number of amides is 2. The molecule has 21 heavy (non-hydrogen) atoms. The number of urea groups is 1. The van der Waals surface area contributed by atoms with E-state index >= 15 is 0 Å². The van der Waals surface area contributed by atoms with Gasteiger partial charge in [0.25, 0.3) is 0 Å². The molecule has 0 radical (unpaired) electrons. The maximum absolute atomic E-state index is 11.7. The lowest BCUT2D eigenvalue weighted by Gasteiger charge is -2.10. The van der Waals surface area contributed by atoms with Crippen molar-refractivity contribution < 1.29 is 9.53 Å². The summed E-state index contributed by atoms with van der Waals surface area (Å²) in [7, 11) is 0. The number of benzene rings is 2. The van der Waals surface area contributed by atoms with Crippen LogP contribution in [0.3, 0.4) is 0 Å². The van der Waals surface area contributed by atoms with Crippen LogP contribution in [0.5, 0.6) is 5.75 Å². The number of carbonyl (C=O) groups excluding carboxylic acids is 1. The summed E-state index contributed by atoms with van der Waals surface area (Å²) < 4.78 is 5.59. The van der Waals surface area contributed by atoms with Gasteiger partial charge in [-0.25, -0.2) is 4.79 Å². The van der Waals surface area contributed by atoms with E-state index in [1.54, 1.807) is 24.3 Å². The summed E-state index contributed by atoms with van der Waals surface area (Å²) in [6.45, 7) is 2.82. The number of nitrogens with one attached hydrogen (secondary N) is 2. The second-order valence-electron chi connectivity index (χ2n) is 4.50. The molecule has 0 spiro atoms. The lowest BCUT2D eigenvalue weighted by molar-refractivity contribution is 0.247. The first-order valence-corrected chi connectivity index (χ1v) is 7.02. The monoisotopic (exact) mass is 304 g/mol. The van der Waals surface area contributed by atoms with Crippen LogP contribution in [0, 0.1) is 6.92 Å². The molecular weight excluding hydrogens is 288 g/mol. The summed E-state index contributed by atoms with van der Waals surface area (Å²) in [4.78, 5) is 11.7. The first-order chi connectivity index (χ1) is 10.1. The standard InChI is InChI=1S/C16H17ClN2O2/c1-12-4-2-3-5-15(12)21-11-10-18-16(20)19-14-8-6-13(17)7-9-14/h2-9H,10-11H2,1H3,(H2,18,19,20). The highest BCUT2D eigenvalue weighted by atomic mass is 35.5. The van der Waals surface area contributed by atoms with E-state index in [1.807, 2.05) is 31.2 Å². The van der Waals surface area contributed by atoms with Crippen molar-refractivity contribution >= 4 is 23.3 Å². The zero-order valence-electron chi connectivity index (χ0n) is 11.7. The Morgan fingerprint density at radius 1 is 1.14 bits per heavy atom. The highest BCUT2D eigenvalue weighted by Crippen LogP contribution is 2.15. The maximum Gasteiger partial charge on any atom is 0.319 e. The van der Waals surface area contributed by atoms with E-state index in [1.165, 1.54) is 0 Å². The molecule has 0 unspecified atom stereocenters. The third-order valence-corrected chi connectivity index (χ3v) is 3.09. The number of rotatable bonds is 5. The van der Waals surface area contributed by atoms with Gasteiger partial charge in [0.1, 0.15) is 12.4 Å². The Morgan fingerprint density at radius 2 is 1.86 bits per heavy atom. The molecule has 0 atom stereocenters. The highest BCUT2D eigenvalue weighted by Gasteiger charge is 2.02. The van der Waals surface area contributed by atoms with Gasteiger partial charge in [0.15, 0.2) is 0 Å². The highest BCUT2D eigenvalue weighted by molar-refractivity contribution is 6.30. The molecule has 110 valence electrons. The minimum Gasteiger partial charge on any atom is -0.491 e. The molecular formula is C16H17ClN2O2. The van der Waals surface area contributed by atoms with Gasteiger partial charge in [0, 0.05) is 10.7 Å². The van der Waals surface area contributed by atoms with Crippen molar-refractivity contribution in [3.8, 4) is 5.75 Å². The molecule has 0 bridgehead atoms. The zero-order valence-corrected chi connectivity index (χ0v) is 12.5. The zero-order chi connectivity index (χ0) is 15.1. The minimum absolute atomic E-state index is 0.272. The number of ether oxygens (including phenoxy) is 1. The van der Waals surface area contributed by atoms with Gasteiger partial charge in [-0.3, -0.25) is 0 Å². The van der Waals surface area contributed by atoms with Crippen LogP contribution in [-0.2, 0) is 0 Å². The number of halogens is 1. The second-order valence-corrected chi connectivity index (χ2v) is 4.94. The topological polar surface area (TPSA) is 50.4 Å². The summed E-state index contributed by atoms with van der Waals surface area (Å²) in [6.07, 6.45) is 0. The van der Waals surface area contributed by atoms with E-state index in [9.17, 15) is 4.79 Å². The Balaban J connectivity index is 1.70. The number of para-hydroxylation sites is 1. The van der Waals surface area contributed by atoms with Crippen LogP contribution >= 0.6 is 11.6 Å². The lowest BCUT2D eigenvalue weighted by Crippen LogP contribution is -2.32. The third-order valence-electron chi connectivity index (χ3n) is 2.84. The van der Waals surface area contributed by atoms with E-state index < -0.39 is 0 Å². The molecule has 2 aromatic rings. The number of hydrogen-bond donors (Lipinski definition) is 2. The van der Waals surface area contributed by atoms with Crippen molar-refractivity contribution in [2.24, 2.45) is 0 Å². The molecule has 0 heterocycles. The fourth-order valence-electron chi connectivity index (χ4n) is 1.75. The van der Waals surface area contributed by atoms with Crippen LogP contribution in [0.4, 0.5) is 10.5 Å². The smallest absolute Gasteiger partial charge is 0.319 e. The largest absolute Gasteiger partial charge is 0.491 e. The van der Waals surface area contributed by atoms with Gasteiger partial charge in [-0.1, -0.05) is 29.8 Å². The van der Waals surface area contributed by atoms with E-state index in [-0.39, 0.29) is 6.03 Å². The van der Waals surface area contributed by atoms with Gasteiger partial charge < -0.3 is 15.4 Å². The second kappa shape index (κ2) is 7.55. The SMILES string of the molecule is Cc1ccccc1OCCNC(=O)Nc1ccc(Cl)cc1. The normalized spacial score (nSPS) is 10.0. The average Bonchev–Trinajstić information content (AvgIpc) is 2.48. The molecule has 2 rings (SSSR count). The lowest BCUT2D eigenvalue weighted by atomic mass is 10.2. The maximum atomic E-state index is 11.7. The molecule has 0 fully saturated rings. The van der Waals surface area contributed by atoms with Crippen LogP contribution in [0.2, 0.25) is 5.02 Å². The quantitative estimate of drug-likeness (QED) is 0.824. The minimum atomic E-state index is -0.272. The summed E-state index contributed by atoms with van der Waals surface area (Å²) >= 11 is 5.78. The molecule has 2 N–H and O–H groups in total.